The first-order valence-electron chi connectivity index (χ1n) is 12.0. The summed E-state index contributed by atoms with van der Waals surface area (Å²) in [7, 11) is -3.78. The number of aldehydes is 2. The van der Waals surface area contributed by atoms with Gasteiger partial charge in [0, 0.05) is 24.0 Å². The number of carbonyl (C=O) groups excluding carboxylic acids is 2. The summed E-state index contributed by atoms with van der Waals surface area (Å²) >= 11 is 23.5. The smallest absolute Gasteiger partial charge is 0.406 e. The van der Waals surface area contributed by atoms with Gasteiger partial charge in [0.2, 0.25) is 0 Å². The molecule has 0 aliphatic rings. The number of rotatable bonds is 8. The number of carbonyl (C=O) groups is 2. The Bertz CT molecular complexity index is 1850. The van der Waals surface area contributed by atoms with Crippen molar-refractivity contribution in [2.24, 2.45) is 0 Å². The average molecular weight is 788 g/mol. The molecule has 2 heterocycles. The van der Waals surface area contributed by atoms with Crippen molar-refractivity contribution in [3.8, 4) is 11.4 Å². The van der Waals surface area contributed by atoms with Gasteiger partial charge in [0.1, 0.15) is 39.4 Å². The van der Waals surface area contributed by atoms with Gasteiger partial charge in [0.05, 0.1) is 41.3 Å². The standard InChI is InChI=1S/C13H10Cl2F3N3O2S.C11H6Cl2F3N3O3S/c1-2-24(23)11-9(5-22)20-21(12(11)19)10-7(14)3-6(4-8(10)15)13(16,17)18;12-7-2-6(22-11(14,15)16)3-8(13)10(7)23(21)19-9(17)1-5(4-20)18-19/h3-5H,2,19H2,1H3;1-4H,17H2. The quantitative estimate of drug-likeness (QED) is 0.145. The minimum Gasteiger partial charge on any atom is -0.406 e. The van der Waals surface area contributed by atoms with Gasteiger partial charge < -0.3 is 16.2 Å². The van der Waals surface area contributed by atoms with Crippen LogP contribution >= 0.6 is 46.4 Å². The Kier molecular flexibility index (Phi) is 12.0. The van der Waals surface area contributed by atoms with Crippen LogP contribution in [-0.2, 0) is 28.0 Å². The van der Waals surface area contributed by atoms with E-state index in [-0.39, 0.29) is 64.3 Å². The molecule has 0 bridgehead atoms. The second-order valence-electron chi connectivity index (χ2n) is 8.55. The second-order valence-corrected chi connectivity index (χ2v) is 13.1. The fraction of sp³-hybridized carbons (Fsp3) is 0.167. The average Bonchev–Trinajstić information content (AvgIpc) is 3.49. The molecule has 254 valence electrons. The van der Waals surface area contributed by atoms with Gasteiger partial charge in [-0.15, -0.1) is 13.2 Å². The van der Waals surface area contributed by atoms with Crippen LogP contribution in [0.5, 0.6) is 5.75 Å². The van der Waals surface area contributed by atoms with Crippen LogP contribution in [0.4, 0.5) is 38.0 Å². The molecule has 4 aromatic rings. The predicted molar refractivity (Wildman–Crippen MR) is 162 cm³/mol. The Morgan fingerprint density at radius 3 is 1.83 bits per heavy atom. The molecule has 4 N–H and O–H groups in total. The summed E-state index contributed by atoms with van der Waals surface area (Å²) in [4.78, 5) is 21.5. The van der Waals surface area contributed by atoms with E-state index in [1.807, 2.05) is 0 Å². The summed E-state index contributed by atoms with van der Waals surface area (Å²) < 4.78 is 105. The first-order valence-corrected chi connectivity index (χ1v) is 15.9. The molecule has 2 aromatic carbocycles. The van der Waals surface area contributed by atoms with E-state index >= 15 is 0 Å². The molecule has 2 unspecified atom stereocenters. The van der Waals surface area contributed by atoms with E-state index < -0.39 is 45.6 Å². The highest BCUT2D eigenvalue weighted by Gasteiger charge is 2.34. The number of aromatic nitrogens is 4. The zero-order valence-electron chi connectivity index (χ0n) is 22.8. The number of hydrogen-bond donors (Lipinski definition) is 2. The Balaban J connectivity index is 0.000000256. The number of nitrogen functional groups attached to an aromatic ring is 2. The minimum atomic E-state index is -4.93. The van der Waals surface area contributed by atoms with Gasteiger partial charge in [0.15, 0.2) is 23.6 Å². The zero-order valence-corrected chi connectivity index (χ0v) is 27.5. The molecule has 0 amide bonds. The SMILES string of the molecule is CCS(=O)c1c(C=O)nn(-c2c(Cl)cc(C(F)(F)F)cc2Cl)c1N.Nc1cc(C=O)nn1S(=O)c1c(Cl)cc(OC(F)(F)F)cc1Cl. The molecule has 47 heavy (non-hydrogen) atoms. The number of anilines is 2. The van der Waals surface area contributed by atoms with Crippen molar-refractivity contribution in [1.29, 1.82) is 0 Å². The van der Waals surface area contributed by atoms with Gasteiger partial charge in [-0.25, -0.2) is 8.89 Å². The first kappa shape index (κ1) is 38.1. The molecule has 2 atom stereocenters. The Morgan fingerprint density at radius 2 is 1.40 bits per heavy atom. The maximum atomic E-state index is 12.8. The van der Waals surface area contributed by atoms with Crippen molar-refractivity contribution in [2.45, 2.75) is 29.3 Å². The number of benzene rings is 2. The lowest BCUT2D eigenvalue weighted by molar-refractivity contribution is -0.274. The molecule has 0 saturated carbocycles. The fourth-order valence-electron chi connectivity index (χ4n) is 3.56. The summed E-state index contributed by atoms with van der Waals surface area (Å²) in [6.07, 6.45) is -8.84. The van der Waals surface area contributed by atoms with E-state index in [0.29, 0.717) is 24.7 Å². The van der Waals surface area contributed by atoms with Crippen LogP contribution in [0.25, 0.3) is 5.69 Å². The summed E-state index contributed by atoms with van der Waals surface area (Å²) in [5, 5.41) is 6.10. The number of hydrogen-bond acceptors (Lipinski definition) is 9. The molecule has 2 aromatic heterocycles. The van der Waals surface area contributed by atoms with Crippen LogP contribution < -0.4 is 16.2 Å². The molecule has 23 heteroatoms. The van der Waals surface area contributed by atoms with E-state index in [4.69, 9.17) is 57.9 Å². The molecule has 0 fully saturated rings. The third-order valence-electron chi connectivity index (χ3n) is 5.44. The Morgan fingerprint density at radius 1 is 0.851 bits per heavy atom. The second kappa shape index (κ2) is 14.8. The normalized spacial score (nSPS) is 13.0. The third-order valence-corrected chi connectivity index (χ3v) is 9.63. The summed E-state index contributed by atoms with van der Waals surface area (Å²) in [6.45, 7) is 1.61. The van der Waals surface area contributed by atoms with Gasteiger partial charge in [-0.2, -0.15) is 27.5 Å². The van der Waals surface area contributed by atoms with Gasteiger partial charge in [-0.3, -0.25) is 13.8 Å². The van der Waals surface area contributed by atoms with E-state index in [1.165, 1.54) is 0 Å². The highest BCUT2D eigenvalue weighted by molar-refractivity contribution is 7.85. The lowest BCUT2D eigenvalue weighted by Crippen LogP contribution is -2.17. The summed E-state index contributed by atoms with van der Waals surface area (Å²) in [5.41, 5.74) is 9.96. The summed E-state index contributed by atoms with van der Waals surface area (Å²) in [6, 6.07) is 4.10. The van der Waals surface area contributed by atoms with E-state index in [1.54, 1.807) is 6.92 Å². The van der Waals surface area contributed by atoms with Crippen molar-refractivity contribution < 1.29 is 49.1 Å². The topological polar surface area (TPSA) is 165 Å². The number of nitrogens with zero attached hydrogens (tertiary/aromatic N) is 4. The Hall–Kier alpha value is -3.36. The van der Waals surface area contributed by atoms with E-state index in [9.17, 15) is 44.3 Å². The van der Waals surface area contributed by atoms with Crippen molar-refractivity contribution in [1.82, 2.24) is 19.0 Å². The number of alkyl halides is 6. The number of nitrogens with two attached hydrogens (primary N) is 2. The highest BCUT2D eigenvalue weighted by Crippen LogP contribution is 2.39. The molecule has 11 nitrogen and oxygen atoms in total. The fourth-order valence-corrected chi connectivity index (χ4v) is 7.04. The lowest BCUT2D eigenvalue weighted by atomic mass is 10.2. The first-order chi connectivity index (χ1) is 21.7. The predicted octanol–water partition coefficient (Wildman–Crippen LogP) is 6.77. The van der Waals surface area contributed by atoms with Crippen molar-refractivity contribution >= 4 is 92.4 Å². The van der Waals surface area contributed by atoms with Crippen LogP contribution in [0.1, 0.15) is 33.5 Å². The van der Waals surface area contributed by atoms with Crippen LogP contribution in [-0.4, -0.2) is 52.1 Å². The van der Waals surface area contributed by atoms with Gasteiger partial charge in [0.25, 0.3) is 0 Å². The maximum absolute atomic E-state index is 12.8. The number of ether oxygens (including phenoxy) is 1. The highest BCUT2D eigenvalue weighted by atomic mass is 35.5. The third kappa shape index (κ3) is 8.76. The van der Waals surface area contributed by atoms with Gasteiger partial charge in [-0.1, -0.05) is 53.3 Å². The van der Waals surface area contributed by atoms with Gasteiger partial charge in [-0.05, 0) is 12.1 Å². The molecule has 4 rings (SSSR count). The van der Waals surface area contributed by atoms with Crippen LogP contribution in [0.3, 0.4) is 0 Å². The minimum absolute atomic E-state index is 0.0143. The van der Waals surface area contributed by atoms with Crippen LogP contribution in [0.2, 0.25) is 20.1 Å². The molecule has 0 saturated heterocycles. The Labute approximate surface area is 284 Å². The van der Waals surface area contributed by atoms with E-state index in [2.05, 4.69) is 14.9 Å². The molecular formula is C24H16Cl4F6N6O5S2. The molecular weight excluding hydrogens is 772 g/mol. The largest absolute Gasteiger partial charge is 0.573 e. The molecule has 0 aliphatic carbocycles. The summed E-state index contributed by atoms with van der Waals surface area (Å²) in [5.74, 6) is -0.796. The molecule has 0 aliphatic heterocycles. The monoisotopic (exact) mass is 786 g/mol. The molecule has 0 spiro atoms. The number of halogens is 10. The van der Waals surface area contributed by atoms with Crippen molar-refractivity contribution in [2.75, 3.05) is 17.2 Å². The lowest BCUT2D eigenvalue weighted by Gasteiger charge is -2.13. The maximum Gasteiger partial charge on any atom is 0.573 e. The molecule has 0 radical (unpaired) electrons. The zero-order chi connectivity index (χ0) is 35.6. The van der Waals surface area contributed by atoms with Crippen molar-refractivity contribution in [3.05, 3.63) is 67.4 Å². The van der Waals surface area contributed by atoms with E-state index in [0.717, 1.165) is 27.0 Å². The van der Waals surface area contributed by atoms with Gasteiger partial charge >= 0.3 is 12.5 Å². The van der Waals surface area contributed by atoms with Crippen LogP contribution in [0, 0.1) is 0 Å². The van der Waals surface area contributed by atoms with Crippen LogP contribution in [0.15, 0.2) is 40.1 Å². The van der Waals surface area contributed by atoms with Crippen molar-refractivity contribution in [3.63, 3.8) is 0 Å².